The fourth-order valence-corrected chi connectivity index (χ4v) is 2.61. The van der Waals surface area contributed by atoms with Crippen LogP contribution in [0.15, 0.2) is 59.9 Å². The number of benzene rings is 1. The summed E-state index contributed by atoms with van der Waals surface area (Å²) in [5.41, 5.74) is 4.11. The first-order valence-electron chi connectivity index (χ1n) is 5.88. The Bertz CT molecular complexity index is 762. The zero-order valence-electron chi connectivity index (χ0n) is 9.99. The summed E-state index contributed by atoms with van der Waals surface area (Å²) in [6.07, 6.45) is 4.43. The lowest BCUT2D eigenvalue weighted by Gasteiger charge is -2.05. The Morgan fingerprint density at radius 2 is 1.83 bits per heavy atom. The molecular formula is C16H13NO. The average Bonchev–Trinajstić information content (AvgIpc) is 2.77. The van der Waals surface area contributed by atoms with E-state index in [4.69, 9.17) is 0 Å². The first-order valence-corrected chi connectivity index (χ1v) is 5.88. The third-order valence-corrected chi connectivity index (χ3v) is 3.47. The van der Waals surface area contributed by atoms with Gasteiger partial charge >= 0.3 is 0 Å². The smallest absolute Gasteiger partial charge is 0.256 e. The highest BCUT2D eigenvalue weighted by Gasteiger charge is 2.21. The molecule has 1 heterocycles. The molecule has 18 heavy (non-hydrogen) atoms. The summed E-state index contributed by atoms with van der Waals surface area (Å²) in [5, 5.41) is 1.76. The van der Waals surface area contributed by atoms with Gasteiger partial charge in [0.1, 0.15) is 0 Å². The van der Waals surface area contributed by atoms with E-state index >= 15 is 0 Å². The minimum absolute atomic E-state index is 0.0472. The van der Waals surface area contributed by atoms with Gasteiger partial charge in [-0.1, -0.05) is 43.5 Å². The highest BCUT2D eigenvalue weighted by Crippen LogP contribution is 2.35. The highest BCUT2D eigenvalue weighted by molar-refractivity contribution is 5.94. The van der Waals surface area contributed by atoms with E-state index in [9.17, 15) is 4.79 Å². The molecule has 88 valence electrons. The van der Waals surface area contributed by atoms with Crippen molar-refractivity contribution < 1.29 is 0 Å². The van der Waals surface area contributed by atoms with Gasteiger partial charge in [0.2, 0.25) is 0 Å². The molecule has 0 atom stereocenters. The number of nitrogens with one attached hydrogen (secondary N) is 1. The zero-order chi connectivity index (χ0) is 12.7. The number of aromatic amines is 1. The van der Waals surface area contributed by atoms with Crippen molar-refractivity contribution in [1.82, 2.24) is 4.98 Å². The van der Waals surface area contributed by atoms with E-state index in [-0.39, 0.29) is 5.56 Å². The molecule has 3 rings (SSSR count). The van der Waals surface area contributed by atoms with Crippen molar-refractivity contribution in [1.29, 1.82) is 0 Å². The highest BCUT2D eigenvalue weighted by atomic mass is 16.1. The number of H-pyrrole nitrogens is 1. The van der Waals surface area contributed by atoms with Crippen molar-refractivity contribution in [2.24, 2.45) is 0 Å². The van der Waals surface area contributed by atoms with Crippen molar-refractivity contribution >= 4 is 16.3 Å². The van der Waals surface area contributed by atoms with E-state index in [0.717, 1.165) is 39.6 Å². The Kier molecular flexibility index (Phi) is 2.30. The van der Waals surface area contributed by atoms with Crippen molar-refractivity contribution in [3.05, 3.63) is 76.8 Å². The predicted molar refractivity (Wildman–Crippen MR) is 75.6 cm³/mol. The second-order valence-corrected chi connectivity index (χ2v) is 4.38. The number of aromatic nitrogens is 1. The lowest BCUT2D eigenvalue weighted by Crippen LogP contribution is -2.10. The number of hydrogen-bond donors (Lipinski definition) is 1. The summed E-state index contributed by atoms with van der Waals surface area (Å²) in [4.78, 5) is 15.0. The minimum atomic E-state index is -0.0472. The lowest BCUT2D eigenvalue weighted by molar-refractivity contribution is 1.18. The van der Waals surface area contributed by atoms with Crippen LogP contribution in [0.2, 0.25) is 0 Å². The minimum Gasteiger partial charge on any atom is -0.321 e. The van der Waals surface area contributed by atoms with Crippen LogP contribution in [-0.2, 0) is 6.42 Å². The van der Waals surface area contributed by atoms with Gasteiger partial charge in [-0.3, -0.25) is 4.79 Å². The molecule has 1 aliphatic carbocycles. The number of hydrogen-bond acceptors (Lipinski definition) is 1. The van der Waals surface area contributed by atoms with E-state index in [2.05, 4.69) is 18.1 Å². The summed E-state index contributed by atoms with van der Waals surface area (Å²) in [6, 6.07) is 7.70. The van der Waals surface area contributed by atoms with E-state index < -0.39 is 0 Å². The molecule has 0 bridgehead atoms. The Labute approximate surface area is 105 Å². The fraction of sp³-hybridized carbons (Fsp3) is 0.0625. The zero-order valence-corrected chi connectivity index (χ0v) is 9.99. The molecule has 2 nitrogen and oxygen atoms in total. The van der Waals surface area contributed by atoms with Gasteiger partial charge in [-0.2, -0.15) is 0 Å². The van der Waals surface area contributed by atoms with E-state index in [0.29, 0.717) is 0 Å². The molecular weight excluding hydrogens is 222 g/mol. The third kappa shape index (κ3) is 1.32. The number of pyridine rings is 1. The molecule has 0 radical (unpaired) electrons. The Hall–Kier alpha value is -2.35. The first kappa shape index (κ1) is 10.8. The number of allylic oxidation sites excluding steroid dienone is 4. The normalized spacial score (nSPS) is 13.8. The number of rotatable bonds is 2. The van der Waals surface area contributed by atoms with Gasteiger partial charge in [0.15, 0.2) is 0 Å². The van der Waals surface area contributed by atoms with Crippen LogP contribution in [0.5, 0.6) is 0 Å². The summed E-state index contributed by atoms with van der Waals surface area (Å²) in [5.74, 6) is 0. The van der Waals surface area contributed by atoms with Crippen molar-refractivity contribution in [3.8, 4) is 0 Å². The SMILES string of the molecule is C=CC1=C(C=C)c2[nH]c(=O)c3ccccc3c2C1. The molecule has 1 aromatic carbocycles. The monoisotopic (exact) mass is 235 g/mol. The molecule has 0 saturated heterocycles. The van der Waals surface area contributed by atoms with Gasteiger partial charge in [-0.15, -0.1) is 0 Å². The predicted octanol–water partition coefficient (Wildman–Crippen LogP) is 3.21. The van der Waals surface area contributed by atoms with Crippen LogP contribution in [-0.4, -0.2) is 4.98 Å². The van der Waals surface area contributed by atoms with E-state index in [1.54, 1.807) is 6.08 Å². The van der Waals surface area contributed by atoms with Gasteiger partial charge in [0.05, 0.1) is 5.69 Å². The maximum atomic E-state index is 12.1. The quantitative estimate of drug-likeness (QED) is 0.851. The van der Waals surface area contributed by atoms with Crippen LogP contribution >= 0.6 is 0 Å². The van der Waals surface area contributed by atoms with Crippen molar-refractivity contribution in [2.75, 3.05) is 0 Å². The van der Waals surface area contributed by atoms with Gasteiger partial charge in [0.25, 0.3) is 5.56 Å². The first-order chi connectivity index (χ1) is 8.76. The Balaban J connectivity index is 2.43. The second kappa shape index (κ2) is 3.84. The standard InChI is InChI=1S/C16H13NO/c1-3-10-9-14-12-7-5-6-8-13(12)16(18)17-15(14)11(10)4-2/h3-8H,1-2,9H2,(H,17,18). The fourth-order valence-electron chi connectivity index (χ4n) is 2.61. The molecule has 1 N–H and O–H groups in total. The Morgan fingerprint density at radius 1 is 1.11 bits per heavy atom. The summed E-state index contributed by atoms with van der Waals surface area (Å²) in [6.45, 7) is 7.65. The summed E-state index contributed by atoms with van der Waals surface area (Å²) in [7, 11) is 0. The molecule has 0 fully saturated rings. The maximum Gasteiger partial charge on any atom is 0.256 e. The second-order valence-electron chi connectivity index (χ2n) is 4.38. The molecule has 1 aliphatic rings. The van der Waals surface area contributed by atoms with Gasteiger partial charge < -0.3 is 4.98 Å². The largest absolute Gasteiger partial charge is 0.321 e. The Morgan fingerprint density at radius 3 is 2.50 bits per heavy atom. The van der Waals surface area contributed by atoms with Crippen LogP contribution in [0.1, 0.15) is 11.3 Å². The van der Waals surface area contributed by atoms with Crippen LogP contribution in [0, 0.1) is 0 Å². The molecule has 1 aromatic heterocycles. The molecule has 0 amide bonds. The van der Waals surface area contributed by atoms with Gasteiger partial charge in [-0.25, -0.2) is 0 Å². The molecule has 0 saturated carbocycles. The average molecular weight is 235 g/mol. The van der Waals surface area contributed by atoms with Crippen molar-refractivity contribution in [2.45, 2.75) is 6.42 Å². The molecule has 0 aliphatic heterocycles. The maximum absolute atomic E-state index is 12.1. The lowest BCUT2D eigenvalue weighted by atomic mass is 10.0. The van der Waals surface area contributed by atoms with Crippen LogP contribution < -0.4 is 5.56 Å². The van der Waals surface area contributed by atoms with Crippen LogP contribution in [0.25, 0.3) is 16.3 Å². The topological polar surface area (TPSA) is 32.9 Å². The molecule has 2 heteroatoms. The molecule has 0 spiro atoms. The van der Waals surface area contributed by atoms with Crippen LogP contribution in [0.3, 0.4) is 0 Å². The van der Waals surface area contributed by atoms with Gasteiger partial charge in [0, 0.05) is 17.4 Å². The number of fused-ring (bicyclic) bond motifs is 3. The summed E-state index contributed by atoms with van der Waals surface area (Å²) >= 11 is 0. The van der Waals surface area contributed by atoms with Crippen LogP contribution in [0.4, 0.5) is 0 Å². The van der Waals surface area contributed by atoms with E-state index in [1.165, 1.54) is 0 Å². The van der Waals surface area contributed by atoms with Gasteiger partial charge in [-0.05, 0) is 22.6 Å². The van der Waals surface area contributed by atoms with Crippen molar-refractivity contribution in [3.63, 3.8) is 0 Å². The summed E-state index contributed by atoms with van der Waals surface area (Å²) < 4.78 is 0. The molecule has 2 aromatic rings. The van der Waals surface area contributed by atoms with E-state index in [1.807, 2.05) is 30.3 Å². The molecule has 0 unspecified atom stereocenters. The third-order valence-electron chi connectivity index (χ3n) is 3.47.